The van der Waals surface area contributed by atoms with Crippen LogP contribution >= 0.6 is 11.9 Å². The van der Waals surface area contributed by atoms with E-state index in [0.29, 0.717) is 12.1 Å². The Balaban J connectivity index is 2.01. The first kappa shape index (κ1) is 26.7. The molecule has 1 aromatic carbocycles. The minimum absolute atomic E-state index is 0.00220. The van der Waals surface area contributed by atoms with Crippen LogP contribution in [0.4, 0.5) is 4.79 Å². The maximum absolute atomic E-state index is 12.1. The Labute approximate surface area is 200 Å². The van der Waals surface area contributed by atoms with Crippen molar-refractivity contribution in [2.45, 2.75) is 57.6 Å². The number of amides is 1. The van der Waals surface area contributed by atoms with E-state index in [0.717, 1.165) is 29.7 Å². The third-order valence-electron chi connectivity index (χ3n) is 4.70. The van der Waals surface area contributed by atoms with Gasteiger partial charge in [-0.2, -0.15) is 0 Å². The van der Waals surface area contributed by atoms with Crippen LogP contribution in [0.1, 0.15) is 57.0 Å². The molecular weight excluding hydrogens is 442 g/mol. The van der Waals surface area contributed by atoms with Crippen LogP contribution in [0.25, 0.3) is 6.08 Å². The molecule has 182 valence electrons. The van der Waals surface area contributed by atoms with E-state index in [1.807, 2.05) is 39.0 Å². The second-order valence-corrected chi connectivity index (χ2v) is 10.4. The van der Waals surface area contributed by atoms with Crippen molar-refractivity contribution in [3.05, 3.63) is 35.5 Å². The molecule has 8 nitrogen and oxygen atoms in total. The first-order chi connectivity index (χ1) is 15.5. The van der Waals surface area contributed by atoms with Gasteiger partial charge in [0.2, 0.25) is 0 Å². The van der Waals surface area contributed by atoms with Gasteiger partial charge in [0.1, 0.15) is 5.60 Å². The second kappa shape index (κ2) is 12.1. The smallest absolute Gasteiger partial charge is 0.407 e. The Kier molecular flexibility index (Phi) is 9.79. The molecule has 0 aliphatic carbocycles. The summed E-state index contributed by atoms with van der Waals surface area (Å²) in [7, 11) is 1.80. The van der Waals surface area contributed by atoms with Gasteiger partial charge in [-0.15, -0.1) is 0 Å². The second-order valence-electron chi connectivity index (χ2n) is 9.31. The Morgan fingerprint density at radius 1 is 1.33 bits per heavy atom. The van der Waals surface area contributed by atoms with Crippen LogP contribution in [0.5, 0.6) is 0 Å². The van der Waals surface area contributed by atoms with Crippen LogP contribution in [0.3, 0.4) is 0 Å². The Morgan fingerprint density at radius 2 is 2.06 bits per heavy atom. The van der Waals surface area contributed by atoms with Crippen molar-refractivity contribution in [2.75, 3.05) is 26.9 Å². The van der Waals surface area contributed by atoms with Gasteiger partial charge in [-0.25, -0.2) is 9.10 Å². The van der Waals surface area contributed by atoms with Gasteiger partial charge in [-0.3, -0.25) is 9.59 Å². The van der Waals surface area contributed by atoms with Crippen LogP contribution in [-0.4, -0.2) is 66.1 Å². The fourth-order valence-electron chi connectivity index (χ4n) is 3.04. The van der Waals surface area contributed by atoms with Crippen molar-refractivity contribution < 1.29 is 23.9 Å². The number of aldehydes is 1. The molecule has 0 saturated carbocycles. The van der Waals surface area contributed by atoms with Crippen molar-refractivity contribution >= 4 is 36.4 Å². The van der Waals surface area contributed by atoms with E-state index in [4.69, 9.17) is 9.47 Å². The zero-order valence-electron chi connectivity index (χ0n) is 20.3. The first-order valence-electron chi connectivity index (χ1n) is 11.0. The number of hydrogen-bond donors (Lipinski definition) is 1. The number of carbonyl (C=O) groups is 3. The highest BCUT2D eigenvalue weighted by Crippen LogP contribution is 2.32. The van der Waals surface area contributed by atoms with E-state index in [1.165, 1.54) is 0 Å². The van der Waals surface area contributed by atoms with Crippen LogP contribution in [0.2, 0.25) is 0 Å². The number of benzene rings is 1. The molecule has 1 amide bonds. The fraction of sp³-hybridized carbons (Fsp3) is 0.542. The lowest BCUT2D eigenvalue weighted by Gasteiger charge is -2.22. The molecule has 0 bridgehead atoms. The van der Waals surface area contributed by atoms with Crippen LogP contribution in [0.15, 0.2) is 29.3 Å². The Hall–Kier alpha value is -2.52. The number of rotatable bonds is 9. The highest BCUT2D eigenvalue weighted by atomic mass is 32.2. The summed E-state index contributed by atoms with van der Waals surface area (Å²) in [6.07, 6.45) is 4.87. The van der Waals surface area contributed by atoms with E-state index in [2.05, 4.69) is 9.62 Å². The van der Waals surface area contributed by atoms with Crippen molar-refractivity contribution in [2.24, 2.45) is 5.92 Å². The quantitative estimate of drug-likeness (QED) is 0.245. The van der Waals surface area contributed by atoms with E-state index < -0.39 is 11.7 Å². The first-order valence-corrected chi connectivity index (χ1v) is 11.8. The molecule has 0 radical (unpaired) electrons. The van der Waals surface area contributed by atoms with Crippen LogP contribution in [0, 0.1) is 5.92 Å². The standard InChI is InChI=1S/C24H35N3O5S/c1-17(2)22(29)31-16-26(6)12-11-20-18(15-28)8-7-9-21(20)33-27-13-10-19(14-27)25-23(30)32-24(3,4)5/h7-9,11-12,15,17,19H,10,13-14,16H2,1-6H3,(H,25,30)/b12-11-. The summed E-state index contributed by atoms with van der Waals surface area (Å²) >= 11 is 1.55. The number of ether oxygens (including phenoxy) is 2. The summed E-state index contributed by atoms with van der Waals surface area (Å²) in [5.74, 6) is -0.446. The lowest BCUT2D eigenvalue weighted by Crippen LogP contribution is -2.40. The van der Waals surface area contributed by atoms with Gasteiger partial charge in [-0.1, -0.05) is 26.0 Å². The summed E-state index contributed by atoms with van der Waals surface area (Å²) in [4.78, 5) is 38.0. The average molecular weight is 478 g/mol. The molecule has 1 heterocycles. The molecule has 1 atom stereocenters. The SMILES string of the molecule is CC(C)C(=O)OCN(C)/C=C\c1c(C=O)cccc1SN1CCC(NC(=O)OC(C)(C)C)C1. The molecule has 2 rings (SSSR count). The molecule has 1 aliphatic heterocycles. The zero-order valence-corrected chi connectivity index (χ0v) is 21.1. The van der Waals surface area contributed by atoms with Crippen molar-refractivity contribution in [3.8, 4) is 0 Å². The molecule has 0 spiro atoms. The van der Waals surface area contributed by atoms with E-state index in [9.17, 15) is 14.4 Å². The predicted octanol–water partition coefficient (Wildman–Crippen LogP) is 4.16. The number of alkyl carbamates (subject to hydrolysis) is 1. The highest BCUT2D eigenvalue weighted by molar-refractivity contribution is 7.97. The molecule has 1 saturated heterocycles. The van der Waals surface area contributed by atoms with Gasteiger partial charge in [0.05, 0.1) is 5.92 Å². The summed E-state index contributed by atoms with van der Waals surface area (Å²) in [5, 5.41) is 2.92. The van der Waals surface area contributed by atoms with Gasteiger partial charge in [0.15, 0.2) is 13.0 Å². The molecular formula is C24H35N3O5S. The number of nitrogens with zero attached hydrogens (tertiary/aromatic N) is 2. The zero-order chi connectivity index (χ0) is 24.6. The summed E-state index contributed by atoms with van der Waals surface area (Å²) in [6, 6.07) is 5.59. The maximum Gasteiger partial charge on any atom is 0.407 e. The number of nitrogens with one attached hydrogen (secondary N) is 1. The third kappa shape index (κ3) is 9.09. The minimum Gasteiger partial charge on any atom is -0.444 e. The molecule has 0 aromatic heterocycles. The molecule has 1 N–H and O–H groups in total. The Bertz CT molecular complexity index is 866. The summed E-state index contributed by atoms with van der Waals surface area (Å²) in [6.45, 7) is 10.7. The normalized spacial score (nSPS) is 16.8. The fourth-order valence-corrected chi connectivity index (χ4v) is 4.19. The third-order valence-corrected chi connectivity index (χ3v) is 5.85. The number of esters is 1. The summed E-state index contributed by atoms with van der Waals surface area (Å²) in [5.41, 5.74) is 0.836. The number of hydrogen-bond acceptors (Lipinski definition) is 8. The van der Waals surface area contributed by atoms with Crippen molar-refractivity contribution in [1.29, 1.82) is 0 Å². The summed E-state index contributed by atoms with van der Waals surface area (Å²) < 4.78 is 12.7. The predicted molar refractivity (Wildman–Crippen MR) is 130 cm³/mol. The van der Waals surface area contributed by atoms with Gasteiger partial charge in [0.25, 0.3) is 0 Å². The van der Waals surface area contributed by atoms with Gasteiger partial charge in [-0.05, 0) is 51.3 Å². The molecule has 33 heavy (non-hydrogen) atoms. The molecule has 1 fully saturated rings. The van der Waals surface area contributed by atoms with E-state index in [-0.39, 0.29) is 24.7 Å². The largest absolute Gasteiger partial charge is 0.444 e. The average Bonchev–Trinajstić information content (AvgIpc) is 3.15. The van der Waals surface area contributed by atoms with Gasteiger partial charge in [0, 0.05) is 48.4 Å². The van der Waals surface area contributed by atoms with E-state index >= 15 is 0 Å². The van der Waals surface area contributed by atoms with Crippen LogP contribution < -0.4 is 5.32 Å². The molecule has 1 aromatic rings. The minimum atomic E-state index is -0.534. The Morgan fingerprint density at radius 3 is 2.70 bits per heavy atom. The molecule has 9 heteroatoms. The highest BCUT2D eigenvalue weighted by Gasteiger charge is 2.27. The topological polar surface area (TPSA) is 88.2 Å². The number of carbonyl (C=O) groups excluding carboxylic acids is 3. The van der Waals surface area contributed by atoms with Crippen molar-refractivity contribution in [1.82, 2.24) is 14.5 Å². The lowest BCUT2D eigenvalue weighted by molar-refractivity contribution is -0.150. The molecule has 1 unspecified atom stereocenters. The van der Waals surface area contributed by atoms with Gasteiger partial charge >= 0.3 is 12.1 Å². The van der Waals surface area contributed by atoms with Crippen LogP contribution in [-0.2, 0) is 14.3 Å². The lowest BCUT2D eigenvalue weighted by atomic mass is 10.1. The van der Waals surface area contributed by atoms with Gasteiger partial charge < -0.3 is 19.7 Å². The van der Waals surface area contributed by atoms with E-state index in [1.54, 1.807) is 50.0 Å². The monoisotopic (exact) mass is 477 g/mol. The molecule has 1 aliphatic rings. The van der Waals surface area contributed by atoms with Crippen molar-refractivity contribution in [3.63, 3.8) is 0 Å². The maximum atomic E-state index is 12.1.